The van der Waals surface area contributed by atoms with E-state index in [-0.39, 0.29) is 19.6 Å². The van der Waals surface area contributed by atoms with Gasteiger partial charge in [-0.05, 0) is 18.6 Å². The molecule has 0 spiro atoms. The lowest BCUT2D eigenvalue weighted by atomic mass is 9.96. The SMILES string of the molecule is CCCCOC(=O)[C@@]1(O)C[C@@H]2O[C@H](COC(=O)c3ccccc3)[C@H](O1)[C@@H]2O. The van der Waals surface area contributed by atoms with Gasteiger partial charge in [-0.3, -0.25) is 0 Å². The van der Waals surface area contributed by atoms with E-state index in [1.165, 1.54) is 0 Å². The highest BCUT2D eigenvalue weighted by molar-refractivity contribution is 5.89. The second-order valence-corrected chi connectivity index (χ2v) is 6.73. The van der Waals surface area contributed by atoms with Crippen molar-refractivity contribution in [2.24, 2.45) is 0 Å². The fourth-order valence-electron chi connectivity index (χ4n) is 3.18. The number of hydrogen-bond acceptors (Lipinski definition) is 8. The average molecular weight is 380 g/mol. The van der Waals surface area contributed by atoms with Gasteiger partial charge in [0, 0.05) is 6.42 Å². The molecule has 0 aliphatic carbocycles. The van der Waals surface area contributed by atoms with Gasteiger partial charge in [-0.1, -0.05) is 31.5 Å². The first kappa shape index (κ1) is 19.8. The third kappa shape index (κ3) is 4.30. The van der Waals surface area contributed by atoms with Crippen LogP contribution in [0.3, 0.4) is 0 Å². The van der Waals surface area contributed by atoms with Crippen LogP contribution in [0.1, 0.15) is 36.5 Å². The van der Waals surface area contributed by atoms with Crippen molar-refractivity contribution < 1.29 is 38.7 Å². The number of hydrogen-bond donors (Lipinski definition) is 2. The molecular weight excluding hydrogens is 356 g/mol. The second-order valence-electron chi connectivity index (χ2n) is 6.73. The van der Waals surface area contributed by atoms with Gasteiger partial charge in [0.15, 0.2) is 0 Å². The van der Waals surface area contributed by atoms with Crippen LogP contribution in [-0.4, -0.2) is 65.6 Å². The molecule has 148 valence electrons. The van der Waals surface area contributed by atoms with Crippen molar-refractivity contribution in [2.45, 2.75) is 56.4 Å². The van der Waals surface area contributed by atoms with E-state index in [4.69, 9.17) is 18.9 Å². The Bertz CT molecular complexity index is 663. The van der Waals surface area contributed by atoms with E-state index >= 15 is 0 Å². The first-order chi connectivity index (χ1) is 12.9. The predicted molar refractivity (Wildman–Crippen MR) is 91.7 cm³/mol. The minimum atomic E-state index is -2.18. The summed E-state index contributed by atoms with van der Waals surface area (Å²) in [6.07, 6.45) is -2.38. The predicted octanol–water partition coefficient (Wildman–Crippen LogP) is 0.792. The van der Waals surface area contributed by atoms with E-state index in [0.717, 1.165) is 6.42 Å². The summed E-state index contributed by atoms with van der Waals surface area (Å²) in [5.74, 6) is -3.62. The monoisotopic (exact) mass is 380 g/mol. The van der Waals surface area contributed by atoms with E-state index in [0.29, 0.717) is 12.0 Å². The van der Waals surface area contributed by atoms with Gasteiger partial charge in [-0.25, -0.2) is 9.59 Å². The molecule has 8 nitrogen and oxygen atoms in total. The summed E-state index contributed by atoms with van der Waals surface area (Å²) >= 11 is 0. The molecule has 2 aliphatic rings. The molecule has 0 amide bonds. The minimum absolute atomic E-state index is 0.174. The van der Waals surface area contributed by atoms with Crippen LogP contribution in [0.4, 0.5) is 0 Å². The van der Waals surface area contributed by atoms with Crippen LogP contribution < -0.4 is 0 Å². The van der Waals surface area contributed by atoms with Crippen LogP contribution >= 0.6 is 0 Å². The van der Waals surface area contributed by atoms with Crippen molar-refractivity contribution in [3.8, 4) is 0 Å². The van der Waals surface area contributed by atoms with Gasteiger partial charge < -0.3 is 29.2 Å². The number of carbonyl (C=O) groups excluding carboxylic acids is 2. The molecule has 2 bridgehead atoms. The highest BCUT2D eigenvalue weighted by Crippen LogP contribution is 2.38. The lowest BCUT2D eigenvalue weighted by molar-refractivity contribution is -0.272. The topological polar surface area (TPSA) is 112 Å². The van der Waals surface area contributed by atoms with Gasteiger partial charge >= 0.3 is 11.9 Å². The highest BCUT2D eigenvalue weighted by atomic mass is 16.7. The summed E-state index contributed by atoms with van der Waals surface area (Å²) in [5.41, 5.74) is 0.385. The Morgan fingerprint density at radius 1 is 1.26 bits per heavy atom. The van der Waals surface area contributed by atoms with Gasteiger partial charge in [0.25, 0.3) is 5.79 Å². The van der Waals surface area contributed by atoms with Gasteiger partial charge in [0.2, 0.25) is 0 Å². The van der Waals surface area contributed by atoms with E-state index in [1.54, 1.807) is 30.3 Å². The van der Waals surface area contributed by atoms with Crippen molar-refractivity contribution in [3.05, 3.63) is 35.9 Å². The van der Waals surface area contributed by atoms with Crippen LogP contribution in [-0.2, 0) is 23.7 Å². The number of rotatable bonds is 7. The van der Waals surface area contributed by atoms with E-state index < -0.39 is 42.1 Å². The Hall–Kier alpha value is -2.00. The average Bonchev–Trinajstić information content (AvgIpc) is 2.85. The molecular formula is C19H24O8. The Labute approximate surface area is 157 Å². The van der Waals surface area contributed by atoms with Crippen molar-refractivity contribution in [3.63, 3.8) is 0 Å². The molecule has 2 fully saturated rings. The quantitative estimate of drug-likeness (QED) is 0.528. The zero-order chi connectivity index (χ0) is 19.4. The standard InChI is InChI=1S/C19H24O8/c1-2-3-9-24-18(22)19(23)10-13-15(20)16(27-19)14(26-13)11-25-17(21)12-7-5-4-6-8-12/h4-8,13-16,20,23H,2-3,9-11H2,1H3/t13-,14+,15+,16-,19+/m0/s1. The Balaban J connectivity index is 1.59. The second kappa shape index (κ2) is 8.35. The minimum Gasteiger partial charge on any atom is -0.462 e. The van der Waals surface area contributed by atoms with E-state index in [9.17, 15) is 19.8 Å². The molecule has 0 radical (unpaired) electrons. The summed E-state index contributed by atoms with van der Waals surface area (Å²) in [6, 6.07) is 8.45. The fourth-order valence-corrected chi connectivity index (χ4v) is 3.18. The number of aliphatic hydroxyl groups is 2. The molecule has 3 rings (SSSR count). The van der Waals surface area contributed by atoms with Gasteiger partial charge in [-0.2, -0.15) is 0 Å². The van der Waals surface area contributed by atoms with Gasteiger partial charge in [0.05, 0.1) is 18.3 Å². The smallest absolute Gasteiger partial charge is 0.366 e. The molecule has 1 aromatic carbocycles. The normalized spacial score (nSPS) is 32.1. The largest absolute Gasteiger partial charge is 0.462 e. The van der Waals surface area contributed by atoms with Crippen molar-refractivity contribution >= 4 is 11.9 Å². The number of unbranched alkanes of at least 4 members (excludes halogenated alkanes) is 1. The van der Waals surface area contributed by atoms with Crippen LogP contribution in [0.5, 0.6) is 0 Å². The maximum atomic E-state index is 12.2. The number of benzene rings is 1. The van der Waals surface area contributed by atoms with Crippen LogP contribution in [0, 0.1) is 0 Å². The van der Waals surface area contributed by atoms with E-state index in [1.807, 2.05) is 6.92 Å². The lowest BCUT2D eigenvalue weighted by Crippen LogP contribution is -2.56. The third-order valence-electron chi connectivity index (χ3n) is 4.68. The lowest BCUT2D eigenvalue weighted by Gasteiger charge is -2.36. The maximum absolute atomic E-state index is 12.2. The molecule has 27 heavy (non-hydrogen) atoms. The summed E-state index contributed by atoms with van der Waals surface area (Å²) in [6.45, 7) is 1.95. The molecule has 2 saturated heterocycles. The summed E-state index contributed by atoms with van der Waals surface area (Å²) in [7, 11) is 0. The molecule has 0 saturated carbocycles. The number of fused-ring (bicyclic) bond motifs is 2. The van der Waals surface area contributed by atoms with Crippen LogP contribution in [0.25, 0.3) is 0 Å². The zero-order valence-electron chi connectivity index (χ0n) is 15.1. The van der Waals surface area contributed by atoms with Crippen LogP contribution in [0.15, 0.2) is 30.3 Å². The number of esters is 2. The highest BCUT2D eigenvalue weighted by Gasteiger charge is 2.59. The van der Waals surface area contributed by atoms with Crippen molar-refractivity contribution in [1.82, 2.24) is 0 Å². The Morgan fingerprint density at radius 2 is 2.00 bits per heavy atom. The number of carbonyl (C=O) groups is 2. The van der Waals surface area contributed by atoms with Crippen LogP contribution in [0.2, 0.25) is 0 Å². The molecule has 2 aliphatic heterocycles. The zero-order valence-corrected chi connectivity index (χ0v) is 15.1. The van der Waals surface area contributed by atoms with E-state index in [2.05, 4.69) is 0 Å². The first-order valence-corrected chi connectivity index (χ1v) is 9.07. The van der Waals surface area contributed by atoms with Crippen molar-refractivity contribution in [1.29, 1.82) is 0 Å². The summed E-state index contributed by atoms with van der Waals surface area (Å²) < 4.78 is 21.3. The van der Waals surface area contributed by atoms with Gasteiger partial charge in [0.1, 0.15) is 24.9 Å². The first-order valence-electron chi connectivity index (χ1n) is 9.07. The molecule has 0 aromatic heterocycles. The molecule has 5 atom stereocenters. The third-order valence-corrected chi connectivity index (χ3v) is 4.68. The summed E-state index contributed by atoms with van der Waals surface area (Å²) in [5, 5.41) is 20.8. The fraction of sp³-hybridized carbons (Fsp3) is 0.579. The Kier molecular flexibility index (Phi) is 6.11. The number of aliphatic hydroxyl groups excluding tert-OH is 1. The Morgan fingerprint density at radius 3 is 2.70 bits per heavy atom. The summed E-state index contributed by atoms with van der Waals surface area (Å²) in [4.78, 5) is 24.2. The molecule has 1 aromatic rings. The number of ether oxygens (including phenoxy) is 4. The molecule has 0 unspecified atom stereocenters. The molecule has 2 N–H and O–H groups in total. The molecule has 2 heterocycles. The van der Waals surface area contributed by atoms with Gasteiger partial charge in [-0.15, -0.1) is 0 Å². The maximum Gasteiger partial charge on any atom is 0.366 e. The van der Waals surface area contributed by atoms with Crippen molar-refractivity contribution in [2.75, 3.05) is 13.2 Å². The molecule has 8 heteroatoms.